The van der Waals surface area contributed by atoms with E-state index in [2.05, 4.69) is 28.2 Å². The van der Waals surface area contributed by atoms with E-state index in [1.165, 1.54) is 11.8 Å². The Morgan fingerprint density at radius 3 is 2.45 bits per heavy atom. The number of nitriles is 1. The third-order valence-corrected chi connectivity index (χ3v) is 5.81. The second kappa shape index (κ2) is 11.2. The average molecular weight is 464 g/mol. The van der Waals surface area contributed by atoms with Crippen LogP contribution in [-0.2, 0) is 11.3 Å². The van der Waals surface area contributed by atoms with Gasteiger partial charge in [0.05, 0.1) is 24.0 Å². The number of anilines is 1. The van der Waals surface area contributed by atoms with E-state index in [4.69, 9.17) is 14.7 Å². The highest BCUT2D eigenvalue weighted by atomic mass is 32.2. The van der Waals surface area contributed by atoms with E-state index in [9.17, 15) is 4.79 Å². The van der Waals surface area contributed by atoms with Crippen molar-refractivity contribution in [1.82, 2.24) is 14.8 Å². The topological polar surface area (TPSA) is 102 Å². The summed E-state index contributed by atoms with van der Waals surface area (Å²) >= 11 is 1.30. The van der Waals surface area contributed by atoms with Gasteiger partial charge in [0.2, 0.25) is 5.91 Å². The molecular formula is C24H25N5O3S. The van der Waals surface area contributed by atoms with Gasteiger partial charge in [-0.2, -0.15) is 5.26 Å². The van der Waals surface area contributed by atoms with Crippen LogP contribution >= 0.6 is 11.8 Å². The summed E-state index contributed by atoms with van der Waals surface area (Å²) in [6.07, 6.45) is 1.38. The van der Waals surface area contributed by atoms with Gasteiger partial charge in [0, 0.05) is 12.2 Å². The lowest BCUT2D eigenvalue weighted by atomic mass is 10.2. The van der Waals surface area contributed by atoms with Gasteiger partial charge >= 0.3 is 0 Å². The monoisotopic (exact) mass is 463 g/mol. The zero-order chi connectivity index (χ0) is 23.8. The van der Waals surface area contributed by atoms with Crippen molar-refractivity contribution in [2.24, 2.45) is 0 Å². The highest BCUT2D eigenvalue weighted by molar-refractivity contribution is 8.00. The van der Waals surface area contributed by atoms with E-state index < -0.39 is 5.25 Å². The summed E-state index contributed by atoms with van der Waals surface area (Å²) in [6.45, 7) is 7.99. The van der Waals surface area contributed by atoms with Crippen molar-refractivity contribution in [2.45, 2.75) is 36.9 Å². The SMILES string of the molecule is C=CCn1c(SC(C)C(=O)Nc2ccc(C#N)cc2)nnc1C(C)Oc1ccc(OC)cc1. The highest BCUT2D eigenvalue weighted by Gasteiger charge is 2.23. The van der Waals surface area contributed by atoms with E-state index in [1.807, 2.05) is 35.8 Å². The molecule has 8 nitrogen and oxygen atoms in total. The number of carbonyl (C=O) groups is 1. The molecule has 3 rings (SSSR count). The Morgan fingerprint density at radius 1 is 1.18 bits per heavy atom. The molecule has 0 aliphatic heterocycles. The number of hydrogen-bond acceptors (Lipinski definition) is 7. The average Bonchev–Trinajstić information content (AvgIpc) is 3.22. The fraction of sp³-hybridized carbons (Fsp3) is 0.250. The second-order valence-electron chi connectivity index (χ2n) is 7.11. The van der Waals surface area contributed by atoms with Crippen molar-refractivity contribution in [3.63, 3.8) is 0 Å². The van der Waals surface area contributed by atoms with Crippen molar-refractivity contribution >= 4 is 23.4 Å². The van der Waals surface area contributed by atoms with Crippen LogP contribution in [0.2, 0.25) is 0 Å². The maximum atomic E-state index is 12.7. The number of hydrogen-bond donors (Lipinski definition) is 1. The van der Waals surface area contributed by atoms with E-state index >= 15 is 0 Å². The van der Waals surface area contributed by atoms with Gasteiger partial charge < -0.3 is 14.8 Å². The number of nitrogens with one attached hydrogen (secondary N) is 1. The predicted molar refractivity (Wildman–Crippen MR) is 127 cm³/mol. The number of rotatable bonds is 10. The fourth-order valence-electron chi connectivity index (χ4n) is 2.98. The lowest BCUT2D eigenvalue weighted by Crippen LogP contribution is -2.23. The molecule has 0 bridgehead atoms. The van der Waals surface area contributed by atoms with Gasteiger partial charge in [-0.15, -0.1) is 16.8 Å². The Bertz CT molecular complexity index is 1140. The van der Waals surface area contributed by atoms with Gasteiger partial charge in [-0.25, -0.2) is 0 Å². The first kappa shape index (κ1) is 23.9. The first-order valence-corrected chi connectivity index (χ1v) is 11.2. The fourth-order valence-corrected chi connectivity index (χ4v) is 3.85. The number of amides is 1. The molecule has 0 saturated carbocycles. The number of benzene rings is 2. The van der Waals surface area contributed by atoms with Crippen molar-refractivity contribution in [3.05, 3.63) is 72.6 Å². The third-order valence-electron chi connectivity index (χ3n) is 4.73. The first-order chi connectivity index (χ1) is 15.9. The largest absolute Gasteiger partial charge is 0.497 e. The van der Waals surface area contributed by atoms with Crippen molar-refractivity contribution in [3.8, 4) is 17.6 Å². The lowest BCUT2D eigenvalue weighted by molar-refractivity contribution is -0.115. The van der Waals surface area contributed by atoms with Gasteiger partial charge in [0.25, 0.3) is 0 Å². The van der Waals surface area contributed by atoms with E-state index in [1.54, 1.807) is 44.4 Å². The number of nitrogens with zero attached hydrogens (tertiary/aromatic N) is 4. The summed E-state index contributed by atoms with van der Waals surface area (Å²) in [5.74, 6) is 1.88. The van der Waals surface area contributed by atoms with Crippen LogP contribution in [-0.4, -0.2) is 33.0 Å². The molecule has 1 amide bonds. The number of allylic oxidation sites excluding steroid dienone is 1. The van der Waals surface area contributed by atoms with Crippen LogP contribution in [0.25, 0.3) is 0 Å². The zero-order valence-electron chi connectivity index (χ0n) is 18.7. The Balaban J connectivity index is 1.69. The molecule has 2 atom stereocenters. The van der Waals surface area contributed by atoms with Gasteiger partial charge in [0.1, 0.15) is 11.5 Å². The number of ether oxygens (including phenoxy) is 2. The van der Waals surface area contributed by atoms with Crippen LogP contribution in [0.1, 0.15) is 31.3 Å². The van der Waals surface area contributed by atoms with Gasteiger partial charge in [-0.05, 0) is 62.4 Å². The van der Waals surface area contributed by atoms with E-state index in [0.29, 0.717) is 34.5 Å². The quantitative estimate of drug-likeness (QED) is 0.346. The second-order valence-corrected chi connectivity index (χ2v) is 8.42. The number of aromatic nitrogens is 3. The van der Waals surface area contributed by atoms with Crippen LogP contribution in [0.3, 0.4) is 0 Å². The minimum absolute atomic E-state index is 0.179. The third kappa shape index (κ3) is 6.14. The molecule has 170 valence electrons. The highest BCUT2D eigenvalue weighted by Crippen LogP contribution is 2.28. The predicted octanol–water partition coefficient (Wildman–Crippen LogP) is 4.60. The summed E-state index contributed by atoms with van der Waals surface area (Å²) < 4.78 is 13.1. The van der Waals surface area contributed by atoms with Gasteiger partial charge in [-0.1, -0.05) is 17.8 Å². The molecule has 1 N–H and O–H groups in total. The van der Waals surface area contributed by atoms with Crippen molar-refractivity contribution in [1.29, 1.82) is 5.26 Å². The normalized spacial score (nSPS) is 12.3. The van der Waals surface area contributed by atoms with E-state index in [-0.39, 0.29) is 12.0 Å². The molecule has 3 aromatic rings. The maximum absolute atomic E-state index is 12.7. The molecule has 9 heteroatoms. The van der Waals surface area contributed by atoms with Crippen LogP contribution in [0.4, 0.5) is 5.69 Å². The lowest BCUT2D eigenvalue weighted by Gasteiger charge is -2.17. The molecule has 0 aliphatic rings. The van der Waals surface area contributed by atoms with Crippen LogP contribution < -0.4 is 14.8 Å². The molecule has 33 heavy (non-hydrogen) atoms. The van der Waals surface area contributed by atoms with Gasteiger partial charge in [0.15, 0.2) is 17.1 Å². The zero-order valence-corrected chi connectivity index (χ0v) is 19.5. The summed E-state index contributed by atoms with van der Waals surface area (Å²) in [4.78, 5) is 12.7. The standard InChI is InChI=1S/C24H25N5O3S/c1-5-14-29-22(16(2)32-21-12-10-20(31-4)11-13-21)27-28-24(29)33-17(3)23(30)26-19-8-6-18(15-25)7-9-19/h5-13,16-17H,1,14H2,2-4H3,(H,26,30). The minimum Gasteiger partial charge on any atom is -0.497 e. The molecule has 2 unspecified atom stereocenters. The number of carbonyl (C=O) groups excluding carboxylic acids is 1. The summed E-state index contributed by atoms with van der Waals surface area (Å²) in [7, 11) is 1.61. The van der Waals surface area contributed by atoms with Crippen LogP contribution in [0.5, 0.6) is 11.5 Å². The number of methoxy groups -OCH3 is 1. The molecule has 0 spiro atoms. The molecule has 0 saturated heterocycles. The molecule has 0 fully saturated rings. The smallest absolute Gasteiger partial charge is 0.237 e. The Hall–Kier alpha value is -3.77. The maximum Gasteiger partial charge on any atom is 0.237 e. The first-order valence-electron chi connectivity index (χ1n) is 10.3. The van der Waals surface area contributed by atoms with Crippen LogP contribution in [0.15, 0.2) is 66.3 Å². The molecule has 1 aromatic heterocycles. The minimum atomic E-state index is -0.431. The number of thioether (sulfide) groups is 1. The Kier molecular flexibility index (Phi) is 8.11. The molecular weight excluding hydrogens is 438 g/mol. The van der Waals surface area contributed by atoms with Crippen molar-refractivity contribution < 1.29 is 14.3 Å². The summed E-state index contributed by atoms with van der Waals surface area (Å²) in [6, 6.07) is 16.1. The molecule has 1 heterocycles. The molecule has 2 aromatic carbocycles. The van der Waals surface area contributed by atoms with Crippen LogP contribution in [0, 0.1) is 11.3 Å². The van der Waals surface area contributed by atoms with Gasteiger partial charge in [-0.3, -0.25) is 9.36 Å². The Morgan fingerprint density at radius 2 is 1.85 bits per heavy atom. The molecule has 0 radical (unpaired) electrons. The van der Waals surface area contributed by atoms with Crippen molar-refractivity contribution in [2.75, 3.05) is 12.4 Å². The summed E-state index contributed by atoms with van der Waals surface area (Å²) in [5.41, 5.74) is 1.16. The molecule has 0 aliphatic carbocycles. The summed E-state index contributed by atoms with van der Waals surface area (Å²) in [5, 5.41) is 20.5. The van der Waals surface area contributed by atoms with E-state index in [0.717, 1.165) is 5.75 Å². The Labute approximate surface area is 197 Å².